The molecular formula is C17H12ClFN4O5. The lowest BCUT2D eigenvalue weighted by atomic mass is 10.2. The maximum absolute atomic E-state index is 13.1. The van der Waals surface area contributed by atoms with E-state index in [1.54, 1.807) is 0 Å². The molecule has 1 heterocycles. The van der Waals surface area contributed by atoms with Crippen LogP contribution in [0.3, 0.4) is 0 Å². The predicted molar refractivity (Wildman–Crippen MR) is 95.8 cm³/mol. The second kappa shape index (κ2) is 7.92. The molecule has 3 aromatic rings. The van der Waals surface area contributed by atoms with Crippen molar-refractivity contribution in [2.24, 2.45) is 0 Å². The second-order valence-corrected chi connectivity index (χ2v) is 5.74. The molecule has 28 heavy (non-hydrogen) atoms. The average molecular weight is 407 g/mol. The molecule has 0 bridgehead atoms. The largest absolute Gasteiger partial charge is 0.495 e. The summed E-state index contributed by atoms with van der Waals surface area (Å²) in [7, 11) is 1.37. The first-order chi connectivity index (χ1) is 13.4. The zero-order valence-corrected chi connectivity index (χ0v) is 15.0. The van der Waals surface area contributed by atoms with Gasteiger partial charge in [0, 0.05) is 5.56 Å². The molecule has 0 spiro atoms. The summed E-state index contributed by atoms with van der Waals surface area (Å²) in [6.45, 7) is 0. The van der Waals surface area contributed by atoms with Gasteiger partial charge in [0.25, 0.3) is 11.8 Å². The Kier molecular flexibility index (Phi) is 5.41. The van der Waals surface area contributed by atoms with Gasteiger partial charge in [-0.2, -0.15) is 0 Å². The highest BCUT2D eigenvalue weighted by molar-refractivity contribution is 6.34. The van der Waals surface area contributed by atoms with Crippen LogP contribution in [0.5, 0.6) is 11.8 Å². The molecule has 2 aromatic carbocycles. The molecule has 0 radical (unpaired) electrons. The Labute approximate surface area is 162 Å². The number of urea groups is 1. The smallest absolute Gasteiger partial charge is 0.412 e. The SMILES string of the molecule is COc1cc(-c2nnc(O)o2)ccc1NC(=O)NC(=O)c1ccc(F)cc1Cl. The summed E-state index contributed by atoms with van der Waals surface area (Å²) in [5.74, 6) is -1.13. The fraction of sp³-hybridized carbons (Fsp3) is 0.0588. The third-order valence-corrected chi connectivity index (χ3v) is 3.83. The molecule has 0 unspecified atom stereocenters. The van der Waals surface area contributed by atoms with Gasteiger partial charge in [-0.25, -0.2) is 9.18 Å². The molecule has 3 N–H and O–H groups in total. The van der Waals surface area contributed by atoms with E-state index < -0.39 is 23.8 Å². The highest BCUT2D eigenvalue weighted by Gasteiger charge is 2.17. The number of nitrogens with zero attached hydrogens (tertiary/aromatic N) is 2. The molecule has 0 aliphatic rings. The van der Waals surface area contributed by atoms with Crippen LogP contribution in [0.25, 0.3) is 11.5 Å². The predicted octanol–water partition coefficient (Wildman–Crippen LogP) is 3.21. The standard InChI is InChI=1S/C17H12ClFN4O5/c1-27-13-6-8(15-22-23-17(26)28-15)2-5-12(13)20-16(25)21-14(24)10-4-3-9(19)7-11(10)18/h2-7H,1H3,(H,23,26)(H2,20,21,24,25). The van der Waals surface area contributed by atoms with E-state index in [2.05, 4.69) is 20.8 Å². The van der Waals surface area contributed by atoms with Crippen LogP contribution in [-0.4, -0.2) is 34.4 Å². The third kappa shape index (κ3) is 4.18. The van der Waals surface area contributed by atoms with E-state index in [0.717, 1.165) is 18.2 Å². The van der Waals surface area contributed by atoms with Gasteiger partial charge < -0.3 is 19.6 Å². The molecule has 0 aliphatic heterocycles. The van der Waals surface area contributed by atoms with Crippen LogP contribution in [0.2, 0.25) is 5.02 Å². The molecule has 3 rings (SSSR count). The van der Waals surface area contributed by atoms with Crippen molar-refractivity contribution < 1.29 is 28.2 Å². The van der Waals surface area contributed by atoms with Crippen molar-refractivity contribution in [1.29, 1.82) is 0 Å². The Bertz CT molecular complexity index is 1060. The first-order valence-electron chi connectivity index (χ1n) is 7.65. The van der Waals surface area contributed by atoms with Crippen molar-refractivity contribution in [3.05, 3.63) is 52.8 Å². The number of methoxy groups -OCH3 is 1. The zero-order valence-electron chi connectivity index (χ0n) is 14.2. The van der Waals surface area contributed by atoms with Crippen LogP contribution < -0.4 is 15.4 Å². The van der Waals surface area contributed by atoms with Crippen molar-refractivity contribution in [1.82, 2.24) is 15.5 Å². The van der Waals surface area contributed by atoms with E-state index in [-0.39, 0.29) is 27.9 Å². The summed E-state index contributed by atoms with van der Waals surface area (Å²) < 4.78 is 23.2. The Morgan fingerprint density at radius 1 is 1.21 bits per heavy atom. The average Bonchev–Trinajstić information content (AvgIpc) is 3.08. The topological polar surface area (TPSA) is 127 Å². The summed E-state index contributed by atoms with van der Waals surface area (Å²) in [4.78, 5) is 24.2. The summed E-state index contributed by atoms with van der Waals surface area (Å²) in [5.41, 5.74) is 0.618. The Balaban J connectivity index is 1.73. The van der Waals surface area contributed by atoms with Gasteiger partial charge >= 0.3 is 12.1 Å². The minimum atomic E-state index is -0.855. The van der Waals surface area contributed by atoms with Crippen LogP contribution in [-0.2, 0) is 0 Å². The van der Waals surface area contributed by atoms with Crippen LogP contribution in [0.15, 0.2) is 40.8 Å². The van der Waals surface area contributed by atoms with Crippen LogP contribution in [0, 0.1) is 5.82 Å². The van der Waals surface area contributed by atoms with Crippen LogP contribution in [0.1, 0.15) is 10.4 Å². The van der Waals surface area contributed by atoms with Crippen molar-refractivity contribution in [3.63, 3.8) is 0 Å². The molecule has 3 amide bonds. The molecular weight excluding hydrogens is 395 g/mol. The number of hydrogen-bond acceptors (Lipinski definition) is 7. The van der Waals surface area contributed by atoms with Crippen LogP contribution >= 0.6 is 11.6 Å². The lowest BCUT2D eigenvalue weighted by Gasteiger charge is -2.12. The van der Waals surface area contributed by atoms with Gasteiger partial charge in [0.2, 0.25) is 0 Å². The van der Waals surface area contributed by atoms with E-state index in [4.69, 9.17) is 25.9 Å². The highest BCUT2D eigenvalue weighted by atomic mass is 35.5. The summed E-state index contributed by atoms with van der Waals surface area (Å²) in [5, 5.41) is 20.5. The van der Waals surface area contributed by atoms with Crippen molar-refractivity contribution in [2.45, 2.75) is 0 Å². The number of carbonyl (C=O) groups is 2. The van der Waals surface area contributed by atoms with E-state index in [9.17, 15) is 14.0 Å². The Hall–Kier alpha value is -3.66. The van der Waals surface area contributed by atoms with Crippen molar-refractivity contribution in [2.75, 3.05) is 12.4 Å². The highest BCUT2D eigenvalue weighted by Crippen LogP contribution is 2.30. The van der Waals surface area contributed by atoms with E-state index in [0.29, 0.717) is 5.56 Å². The first kappa shape index (κ1) is 19.1. The van der Waals surface area contributed by atoms with E-state index in [1.807, 2.05) is 0 Å². The number of anilines is 1. The number of aromatic nitrogens is 2. The van der Waals surface area contributed by atoms with Crippen molar-refractivity contribution >= 4 is 29.2 Å². The van der Waals surface area contributed by atoms with Crippen molar-refractivity contribution in [3.8, 4) is 23.3 Å². The van der Waals surface area contributed by atoms with E-state index in [1.165, 1.54) is 25.3 Å². The number of benzene rings is 2. The number of aromatic hydroxyl groups is 1. The molecule has 0 atom stereocenters. The number of rotatable bonds is 4. The summed E-state index contributed by atoms with van der Waals surface area (Å²) >= 11 is 5.80. The first-order valence-corrected chi connectivity index (χ1v) is 8.03. The van der Waals surface area contributed by atoms with Crippen LogP contribution in [0.4, 0.5) is 14.9 Å². The minimum Gasteiger partial charge on any atom is -0.495 e. The monoisotopic (exact) mass is 406 g/mol. The summed E-state index contributed by atoms with van der Waals surface area (Å²) in [6, 6.07) is 6.82. The number of nitrogens with one attached hydrogen (secondary N) is 2. The number of amides is 3. The third-order valence-electron chi connectivity index (χ3n) is 3.51. The molecule has 1 aromatic heterocycles. The van der Waals surface area contributed by atoms with Gasteiger partial charge in [0.1, 0.15) is 11.6 Å². The molecule has 0 saturated heterocycles. The minimum absolute atomic E-state index is 0.0490. The number of halogens is 2. The lowest BCUT2D eigenvalue weighted by Crippen LogP contribution is -2.34. The number of imide groups is 1. The molecule has 0 aliphatic carbocycles. The fourth-order valence-corrected chi connectivity index (χ4v) is 2.51. The Morgan fingerprint density at radius 2 is 2.00 bits per heavy atom. The van der Waals surface area contributed by atoms with Gasteiger partial charge in [0.15, 0.2) is 0 Å². The second-order valence-electron chi connectivity index (χ2n) is 5.34. The number of carbonyl (C=O) groups excluding carboxylic acids is 2. The molecule has 9 nitrogen and oxygen atoms in total. The van der Waals surface area contributed by atoms with Gasteiger partial charge in [-0.3, -0.25) is 10.1 Å². The van der Waals surface area contributed by atoms with Gasteiger partial charge in [0.05, 0.1) is 23.4 Å². The van der Waals surface area contributed by atoms with Gasteiger partial charge in [-0.1, -0.05) is 16.7 Å². The maximum Gasteiger partial charge on any atom is 0.412 e. The van der Waals surface area contributed by atoms with E-state index >= 15 is 0 Å². The molecule has 0 saturated carbocycles. The van der Waals surface area contributed by atoms with Gasteiger partial charge in [-0.15, -0.1) is 5.10 Å². The Morgan fingerprint density at radius 3 is 2.64 bits per heavy atom. The quantitative estimate of drug-likeness (QED) is 0.607. The number of hydrogen-bond donors (Lipinski definition) is 3. The van der Waals surface area contributed by atoms with Gasteiger partial charge in [-0.05, 0) is 36.4 Å². The normalized spacial score (nSPS) is 10.4. The maximum atomic E-state index is 13.1. The zero-order chi connectivity index (χ0) is 20.3. The molecule has 11 heteroatoms. The fourth-order valence-electron chi connectivity index (χ4n) is 2.26. The molecule has 144 valence electrons. The lowest BCUT2D eigenvalue weighted by molar-refractivity contribution is 0.0967. The number of ether oxygens (including phenoxy) is 1. The summed E-state index contributed by atoms with van der Waals surface area (Å²) in [6.07, 6.45) is -0.589. The molecule has 0 fully saturated rings.